The number of carbonyl (C=O) groups is 2. The number of rotatable bonds is 6. The maximum absolute atomic E-state index is 13.1. The van der Waals surface area contributed by atoms with Gasteiger partial charge in [0, 0.05) is 11.5 Å². The largest absolute Gasteiger partial charge is 0.462 e. The van der Waals surface area contributed by atoms with Crippen LogP contribution in [0.2, 0.25) is 0 Å². The van der Waals surface area contributed by atoms with Crippen molar-refractivity contribution in [1.29, 1.82) is 0 Å². The Labute approximate surface area is 204 Å². The minimum atomic E-state index is -0.671. The van der Waals surface area contributed by atoms with E-state index in [0.717, 1.165) is 5.39 Å². The Morgan fingerprint density at radius 2 is 1.58 bits per heavy atom. The van der Waals surface area contributed by atoms with E-state index >= 15 is 0 Å². The lowest BCUT2D eigenvalue weighted by Gasteiger charge is -2.10. The molecule has 0 saturated heterocycles. The summed E-state index contributed by atoms with van der Waals surface area (Å²) in [5, 5.41) is 1.04. The third-order valence-corrected chi connectivity index (χ3v) is 5.41. The van der Waals surface area contributed by atoms with Crippen molar-refractivity contribution in [3.8, 4) is 17.2 Å². The van der Waals surface area contributed by atoms with Gasteiger partial charge in [-0.3, -0.25) is 4.79 Å². The Morgan fingerprint density at radius 3 is 2.33 bits per heavy atom. The average Bonchev–Trinajstić information content (AvgIpc) is 3.32. The van der Waals surface area contributed by atoms with Crippen LogP contribution in [0.4, 0.5) is 0 Å². The molecule has 0 aliphatic rings. The smallest absolute Gasteiger partial charge is 0.379 e. The molecule has 2 aromatic heterocycles. The summed E-state index contributed by atoms with van der Waals surface area (Å²) in [6.07, 6.45) is 0. The van der Waals surface area contributed by atoms with Gasteiger partial charge in [-0.15, -0.1) is 0 Å². The zero-order valence-electron chi connectivity index (χ0n) is 19.4. The Hall–Kier alpha value is -4.85. The second-order valence-corrected chi connectivity index (χ2v) is 7.86. The zero-order chi connectivity index (χ0) is 25.2. The van der Waals surface area contributed by atoms with Crippen LogP contribution < -0.4 is 14.9 Å². The van der Waals surface area contributed by atoms with Crippen molar-refractivity contribution in [2.45, 2.75) is 13.8 Å². The third kappa shape index (κ3) is 4.44. The van der Waals surface area contributed by atoms with Gasteiger partial charge in [-0.2, -0.15) is 0 Å². The molecule has 0 saturated carbocycles. The van der Waals surface area contributed by atoms with Crippen molar-refractivity contribution in [1.82, 2.24) is 0 Å². The molecule has 36 heavy (non-hydrogen) atoms. The van der Waals surface area contributed by atoms with Crippen LogP contribution >= 0.6 is 0 Å². The molecule has 0 fully saturated rings. The number of ether oxygens (including phenoxy) is 3. The Bertz CT molecular complexity index is 1620. The van der Waals surface area contributed by atoms with Crippen molar-refractivity contribution in [2.24, 2.45) is 0 Å². The Kier molecular flexibility index (Phi) is 6.00. The van der Waals surface area contributed by atoms with E-state index in [-0.39, 0.29) is 40.6 Å². The third-order valence-electron chi connectivity index (χ3n) is 5.41. The zero-order valence-corrected chi connectivity index (χ0v) is 19.4. The number of benzene rings is 3. The van der Waals surface area contributed by atoms with E-state index in [0.29, 0.717) is 16.9 Å². The molecular formula is C28H20O8. The lowest BCUT2D eigenvalue weighted by molar-refractivity contribution is 0.0526. The fourth-order valence-electron chi connectivity index (χ4n) is 3.68. The maximum atomic E-state index is 13.1. The van der Waals surface area contributed by atoms with E-state index in [9.17, 15) is 14.4 Å². The summed E-state index contributed by atoms with van der Waals surface area (Å²) in [6, 6.07) is 19.5. The van der Waals surface area contributed by atoms with Crippen molar-refractivity contribution in [2.75, 3.05) is 6.61 Å². The number of para-hydroxylation sites is 1. The van der Waals surface area contributed by atoms with Crippen molar-refractivity contribution < 1.29 is 32.6 Å². The number of carbonyl (C=O) groups excluding carboxylic acids is 2. The van der Waals surface area contributed by atoms with E-state index in [2.05, 4.69) is 0 Å². The van der Waals surface area contributed by atoms with Gasteiger partial charge in [0.05, 0.1) is 17.6 Å². The van der Waals surface area contributed by atoms with Gasteiger partial charge in [-0.1, -0.05) is 18.2 Å². The summed E-state index contributed by atoms with van der Waals surface area (Å²) in [6.45, 7) is 3.59. The van der Waals surface area contributed by atoms with Crippen LogP contribution in [0.1, 0.15) is 33.6 Å². The SMILES string of the molecule is CCOC(=O)c1ccc(Oc2c(C)oc3cc(OC(=O)c4cc5ccccc5o4)ccc3c2=O)cc1. The van der Waals surface area contributed by atoms with Crippen LogP contribution in [0, 0.1) is 6.92 Å². The molecule has 0 aliphatic carbocycles. The first-order chi connectivity index (χ1) is 17.4. The molecule has 0 spiro atoms. The monoisotopic (exact) mass is 484 g/mol. The predicted octanol–water partition coefficient (Wildman–Crippen LogP) is 6.04. The highest BCUT2D eigenvalue weighted by Gasteiger charge is 2.18. The molecule has 0 aliphatic heterocycles. The van der Waals surface area contributed by atoms with Crippen molar-refractivity contribution >= 4 is 33.9 Å². The molecule has 5 rings (SSSR count). The highest BCUT2D eigenvalue weighted by atomic mass is 16.5. The Morgan fingerprint density at radius 1 is 0.833 bits per heavy atom. The number of hydrogen-bond acceptors (Lipinski definition) is 8. The fourth-order valence-corrected chi connectivity index (χ4v) is 3.68. The number of hydrogen-bond donors (Lipinski definition) is 0. The normalized spacial score (nSPS) is 10.9. The van der Waals surface area contributed by atoms with Gasteiger partial charge in [0.1, 0.15) is 28.4 Å². The molecule has 5 aromatic rings. The predicted molar refractivity (Wildman–Crippen MR) is 131 cm³/mol. The first kappa shape index (κ1) is 22.9. The average molecular weight is 484 g/mol. The molecule has 0 atom stereocenters. The van der Waals surface area contributed by atoms with Gasteiger partial charge in [-0.25, -0.2) is 9.59 Å². The summed E-state index contributed by atoms with van der Waals surface area (Å²) in [5.74, 6) is -0.251. The number of furan rings is 1. The van der Waals surface area contributed by atoms with Gasteiger partial charge >= 0.3 is 11.9 Å². The summed E-state index contributed by atoms with van der Waals surface area (Å²) in [5.41, 5.74) is 0.791. The van der Waals surface area contributed by atoms with Crippen LogP contribution in [-0.2, 0) is 4.74 Å². The molecule has 0 amide bonds. The summed E-state index contributed by atoms with van der Waals surface area (Å²) < 4.78 is 27.5. The second-order valence-electron chi connectivity index (χ2n) is 7.86. The molecular weight excluding hydrogens is 464 g/mol. The second kappa shape index (κ2) is 9.42. The lowest BCUT2D eigenvalue weighted by atomic mass is 10.2. The standard InChI is InChI=1S/C28H20O8/c1-3-32-27(30)17-8-10-19(11-9-17)34-26-16(2)33-23-15-20(12-13-21(23)25(26)29)35-28(31)24-14-18-6-4-5-7-22(18)36-24/h4-15H,3H2,1-2H3. The van der Waals surface area contributed by atoms with Gasteiger partial charge < -0.3 is 23.0 Å². The van der Waals surface area contributed by atoms with E-state index in [1.165, 1.54) is 18.2 Å². The summed E-state index contributed by atoms with van der Waals surface area (Å²) >= 11 is 0. The summed E-state index contributed by atoms with van der Waals surface area (Å²) in [4.78, 5) is 37.5. The number of esters is 2. The first-order valence-electron chi connectivity index (χ1n) is 11.2. The van der Waals surface area contributed by atoms with Crippen LogP contribution in [0.3, 0.4) is 0 Å². The lowest BCUT2D eigenvalue weighted by Crippen LogP contribution is -2.09. The molecule has 8 heteroatoms. The Balaban J connectivity index is 1.38. The molecule has 0 bridgehead atoms. The van der Waals surface area contributed by atoms with Gasteiger partial charge in [0.2, 0.25) is 16.9 Å². The van der Waals surface area contributed by atoms with Gasteiger partial charge in [0.15, 0.2) is 0 Å². The van der Waals surface area contributed by atoms with E-state index in [4.69, 9.17) is 23.0 Å². The summed E-state index contributed by atoms with van der Waals surface area (Å²) in [7, 11) is 0. The molecule has 2 heterocycles. The number of fused-ring (bicyclic) bond motifs is 2. The molecule has 0 radical (unpaired) electrons. The van der Waals surface area contributed by atoms with E-state index in [1.54, 1.807) is 50.2 Å². The topological polar surface area (TPSA) is 105 Å². The molecule has 0 unspecified atom stereocenters. The maximum Gasteiger partial charge on any atom is 0.379 e. The minimum absolute atomic E-state index is 0.0124. The molecule has 8 nitrogen and oxygen atoms in total. The molecule has 180 valence electrons. The highest BCUT2D eigenvalue weighted by molar-refractivity contribution is 5.94. The van der Waals surface area contributed by atoms with E-state index < -0.39 is 17.4 Å². The van der Waals surface area contributed by atoms with Gasteiger partial charge in [-0.05, 0) is 62.4 Å². The fraction of sp³-hybridized carbons (Fsp3) is 0.107. The van der Waals surface area contributed by atoms with Crippen molar-refractivity contribution in [3.05, 3.63) is 100 Å². The van der Waals surface area contributed by atoms with Crippen LogP contribution in [0.15, 0.2) is 86.4 Å². The van der Waals surface area contributed by atoms with E-state index in [1.807, 2.05) is 18.2 Å². The minimum Gasteiger partial charge on any atom is -0.462 e. The molecule has 0 N–H and O–H groups in total. The van der Waals surface area contributed by atoms with Crippen LogP contribution in [-0.4, -0.2) is 18.5 Å². The van der Waals surface area contributed by atoms with Crippen LogP contribution in [0.5, 0.6) is 17.2 Å². The van der Waals surface area contributed by atoms with Crippen molar-refractivity contribution in [3.63, 3.8) is 0 Å². The van der Waals surface area contributed by atoms with Gasteiger partial charge in [0.25, 0.3) is 0 Å². The number of aryl methyl sites for hydroxylation is 1. The highest BCUT2D eigenvalue weighted by Crippen LogP contribution is 2.28. The van der Waals surface area contributed by atoms with Crippen LogP contribution in [0.25, 0.3) is 21.9 Å². The first-order valence-corrected chi connectivity index (χ1v) is 11.2. The quantitative estimate of drug-likeness (QED) is 0.212. The molecule has 3 aromatic carbocycles.